The van der Waals surface area contributed by atoms with E-state index >= 15 is 0 Å². The van der Waals surface area contributed by atoms with E-state index in [1.807, 2.05) is 26.0 Å². The van der Waals surface area contributed by atoms with Crippen LogP contribution < -0.4 is 15.1 Å². The van der Waals surface area contributed by atoms with E-state index in [4.69, 9.17) is 25.5 Å². The number of hydrogen-bond donors (Lipinski definition) is 0. The average Bonchev–Trinajstić information content (AvgIpc) is 2.65. The van der Waals surface area contributed by atoms with Crippen molar-refractivity contribution < 1.29 is 18.7 Å². The second-order valence-electron chi connectivity index (χ2n) is 7.44. The minimum absolute atomic E-state index is 0.0549. The molecule has 1 aromatic carbocycles. The maximum atomic E-state index is 12.9. The predicted molar refractivity (Wildman–Crippen MR) is 109 cm³/mol. The molecule has 6 heteroatoms. The first-order valence-electron chi connectivity index (χ1n) is 9.86. The molecule has 3 heterocycles. The fourth-order valence-electron chi connectivity index (χ4n) is 4.02. The van der Waals surface area contributed by atoms with Gasteiger partial charge in [-0.1, -0.05) is 38.3 Å². The number of hydrogen-bond acceptors (Lipinski definition) is 5. The van der Waals surface area contributed by atoms with Crippen LogP contribution in [0.15, 0.2) is 15.3 Å². The molecule has 0 saturated heterocycles. The van der Waals surface area contributed by atoms with E-state index in [1.165, 1.54) is 0 Å². The lowest BCUT2D eigenvalue weighted by Gasteiger charge is -2.30. The molecule has 148 valence electrons. The van der Waals surface area contributed by atoms with Crippen LogP contribution >= 0.6 is 11.6 Å². The van der Waals surface area contributed by atoms with Crippen LogP contribution in [-0.4, -0.2) is 18.0 Å². The van der Waals surface area contributed by atoms with Gasteiger partial charge < -0.3 is 13.9 Å². The third kappa shape index (κ3) is 2.93. The van der Waals surface area contributed by atoms with E-state index in [1.54, 1.807) is 0 Å². The molecule has 2 aliphatic rings. The number of Topliss-reactive ketones (excluding diaryl/α,β-unsaturated/α-hetero) is 1. The Bertz CT molecular complexity index is 1050. The van der Waals surface area contributed by atoms with Gasteiger partial charge in [-0.3, -0.25) is 4.79 Å². The zero-order valence-electron chi connectivity index (χ0n) is 16.3. The molecular formula is C22H23ClO5. The van der Waals surface area contributed by atoms with Crippen molar-refractivity contribution in [2.24, 2.45) is 0 Å². The smallest absolute Gasteiger partial charge is 0.355 e. The Morgan fingerprint density at radius 1 is 1.14 bits per heavy atom. The predicted octanol–water partition coefficient (Wildman–Crippen LogP) is 5.33. The molecule has 0 bridgehead atoms. The molecule has 2 atom stereocenters. The summed E-state index contributed by atoms with van der Waals surface area (Å²) in [6.45, 7) is 5.96. The summed E-state index contributed by atoms with van der Waals surface area (Å²) in [5.41, 5.74) is 1.31. The van der Waals surface area contributed by atoms with Crippen molar-refractivity contribution >= 4 is 34.4 Å². The van der Waals surface area contributed by atoms with Crippen molar-refractivity contribution in [3.8, 4) is 11.5 Å². The van der Waals surface area contributed by atoms with Gasteiger partial charge in [0.1, 0.15) is 34.3 Å². The number of ketones is 1. The fourth-order valence-corrected chi connectivity index (χ4v) is 4.25. The molecule has 4 rings (SSSR count). The molecule has 0 fully saturated rings. The van der Waals surface area contributed by atoms with Gasteiger partial charge in [-0.15, -0.1) is 0 Å². The molecular weight excluding hydrogens is 380 g/mol. The molecule has 0 amide bonds. The summed E-state index contributed by atoms with van der Waals surface area (Å²) in [5, 5.41) is 0.677. The van der Waals surface area contributed by atoms with Crippen LogP contribution in [0.2, 0.25) is 5.02 Å². The quantitative estimate of drug-likeness (QED) is 0.647. The first-order valence-corrected chi connectivity index (χ1v) is 10.2. The Morgan fingerprint density at radius 3 is 2.64 bits per heavy atom. The maximum Gasteiger partial charge on any atom is 0.355 e. The summed E-state index contributed by atoms with van der Waals surface area (Å²) < 4.78 is 17.9. The molecule has 2 aromatic rings. The molecule has 5 nitrogen and oxygen atoms in total. The molecule has 1 aromatic heterocycles. The van der Waals surface area contributed by atoms with E-state index in [-0.39, 0.29) is 35.0 Å². The Morgan fingerprint density at radius 2 is 1.93 bits per heavy atom. The van der Waals surface area contributed by atoms with Gasteiger partial charge in [0.05, 0.1) is 10.9 Å². The first kappa shape index (κ1) is 19.1. The Hall–Kier alpha value is -2.27. The zero-order chi connectivity index (χ0) is 20.0. The van der Waals surface area contributed by atoms with Gasteiger partial charge in [0.2, 0.25) is 0 Å². The third-order valence-corrected chi connectivity index (χ3v) is 5.61. The van der Waals surface area contributed by atoms with Gasteiger partial charge in [-0.25, -0.2) is 4.79 Å². The van der Waals surface area contributed by atoms with Gasteiger partial charge in [-0.2, -0.15) is 0 Å². The van der Waals surface area contributed by atoms with Crippen LogP contribution in [0, 0.1) is 0 Å². The molecule has 28 heavy (non-hydrogen) atoms. The zero-order valence-corrected chi connectivity index (χ0v) is 17.0. The fraction of sp³-hybridized carbons (Fsp3) is 0.455. The number of fused-ring (bicyclic) bond motifs is 6. The van der Waals surface area contributed by atoms with Crippen LogP contribution in [0.1, 0.15) is 67.9 Å². The summed E-state index contributed by atoms with van der Waals surface area (Å²) >= 11 is 6.34. The lowest BCUT2D eigenvalue weighted by atomic mass is 9.91. The standard InChI is InChI=1S/C22H23ClO5/c1-4-6-12-8-9-14-19(27-12)16-13(7-5-2)18(23)22(25)28-21(16)17-15(24)10-11(3)26-20(14)17/h8-9,11-12H,4-7,10H2,1-3H3. The van der Waals surface area contributed by atoms with Crippen LogP contribution in [0.4, 0.5) is 0 Å². The molecule has 2 aliphatic heterocycles. The Balaban J connectivity index is 2.13. The SMILES string of the molecule is CCCc1c(Cl)c(=O)oc2c3c(c4c(c12)OC(CCC)C=C4)OC(C)CC3=O. The highest BCUT2D eigenvalue weighted by Gasteiger charge is 2.35. The lowest BCUT2D eigenvalue weighted by Crippen LogP contribution is -2.27. The van der Waals surface area contributed by atoms with Crippen molar-refractivity contribution in [2.45, 2.75) is 65.1 Å². The van der Waals surface area contributed by atoms with Gasteiger partial charge in [-0.05, 0) is 37.5 Å². The monoisotopic (exact) mass is 402 g/mol. The Kier molecular flexibility index (Phi) is 4.96. The Labute approximate surface area is 168 Å². The first-order chi connectivity index (χ1) is 13.5. The molecule has 0 saturated carbocycles. The van der Waals surface area contributed by atoms with Crippen molar-refractivity contribution in [3.63, 3.8) is 0 Å². The summed E-state index contributed by atoms with van der Waals surface area (Å²) in [6.07, 6.45) is 7.05. The van der Waals surface area contributed by atoms with E-state index in [0.717, 1.165) is 24.8 Å². The molecule has 0 spiro atoms. The molecule has 2 unspecified atom stereocenters. The summed E-state index contributed by atoms with van der Waals surface area (Å²) in [7, 11) is 0. The molecule has 0 radical (unpaired) electrons. The van der Waals surface area contributed by atoms with Crippen LogP contribution in [-0.2, 0) is 6.42 Å². The number of rotatable bonds is 4. The van der Waals surface area contributed by atoms with Gasteiger partial charge >= 0.3 is 5.63 Å². The lowest BCUT2D eigenvalue weighted by molar-refractivity contribution is 0.0870. The number of carbonyl (C=O) groups is 1. The summed E-state index contributed by atoms with van der Waals surface area (Å²) in [4.78, 5) is 25.3. The van der Waals surface area contributed by atoms with Crippen molar-refractivity contribution in [1.82, 2.24) is 0 Å². The normalized spacial score (nSPS) is 20.5. The number of ether oxygens (including phenoxy) is 2. The minimum Gasteiger partial charge on any atom is -0.489 e. The van der Waals surface area contributed by atoms with Crippen LogP contribution in [0.3, 0.4) is 0 Å². The van der Waals surface area contributed by atoms with Crippen molar-refractivity contribution in [1.29, 1.82) is 0 Å². The van der Waals surface area contributed by atoms with E-state index < -0.39 is 5.63 Å². The highest BCUT2D eigenvalue weighted by atomic mass is 35.5. The number of halogens is 1. The average molecular weight is 403 g/mol. The van der Waals surface area contributed by atoms with Crippen molar-refractivity contribution in [3.05, 3.63) is 38.2 Å². The largest absolute Gasteiger partial charge is 0.489 e. The highest BCUT2D eigenvalue weighted by molar-refractivity contribution is 6.32. The number of benzene rings is 1. The molecule has 0 N–H and O–H groups in total. The van der Waals surface area contributed by atoms with Crippen LogP contribution in [0.25, 0.3) is 17.0 Å². The summed E-state index contributed by atoms with van der Waals surface area (Å²) in [5.74, 6) is 0.926. The number of carbonyl (C=O) groups excluding carboxylic acids is 1. The van der Waals surface area contributed by atoms with E-state index in [0.29, 0.717) is 34.4 Å². The summed E-state index contributed by atoms with van der Waals surface area (Å²) in [6, 6.07) is 0. The van der Waals surface area contributed by atoms with Gasteiger partial charge in [0.15, 0.2) is 11.4 Å². The second-order valence-corrected chi connectivity index (χ2v) is 7.82. The second kappa shape index (κ2) is 7.28. The molecule has 0 aliphatic carbocycles. The maximum absolute atomic E-state index is 12.9. The van der Waals surface area contributed by atoms with E-state index in [2.05, 4.69) is 6.92 Å². The van der Waals surface area contributed by atoms with Crippen LogP contribution in [0.5, 0.6) is 11.5 Å². The van der Waals surface area contributed by atoms with Crippen molar-refractivity contribution in [2.75, 3.05) is 0 Å². The van der Waals surface area contributed by atoms with Gasteiger partial charge in [0, 0.05) is 6.42 Å². The topological polar surface area (TPSA) is 65.7 Å². The van der Waals surface area contributed by atoms with E-state index in [9.17, 15) is 9.59 Å². The minimum atomic E-state index is -0.636. The third-order valence-electron chi connectivity index (χ3n) is 5.23. The number of aryl methyl sites for hydroxylation is 1. The van der Waals surface area contributed by atoms with Gasteiger partial charge in [0.25, 0.3) is 0 Å². The highest BCUT2D eigenvalue weighted by Crippen LogP contribution is 2.48.